The van der Waals surface area contributed by atoms with Crippen LogP contribution in [0.5, 0.6) is 0 Å². The van der Waals surface area contributed by atoms with Gasteiger partial charge in [0.1, 0.15) is 11.1 Å². The third-order valence-electron chi connectivity index (χ3n) is 5.02. The van der Waals surface area contributed by atoms with Crippen LogP contribution >= 0.6 is 23.1 Å². The van der Waals surface area contributed by atoms with Crippen LogP contribution in [0.1, 0.15) is 50.9 Å². The Morgan fingerprint density at radius 3 is 2.89 bits per heavy atom. The number of amides is 1. The Kier molecular flexibility index (Phi) is 5.87. The van der Waals surface area contributed by atoms with E-state index in [0.717, 1.165) is 25.0 Å². The van der Waals surface area contributed by atoms with Crippen molar-refractivity contribution in [3.63, 3.8) is 0 Å². The number of anilines is 1. The van der Waals surface area contributed by atoms with Gasteiger partial charge in [-0.05, 0) is 49.1 Å². The number of thioether (sulfide) groups is 1. The van der Waals surface area contributed by atoms with Crippen LogP contribution in [0.15, 0.2) is 22.7 Å². The number of hydrogen-bond acceptors (Lipinski definition) is 6. The molecule has 2 aromatic heterocycles. The van der Waals surface area contributed by atoms with E-state index in [0.29, 0.717) is 21.6 Å². The zero-order chi connectivity index (χ0) is 19.6. The Morgan fingerprint density at radius 1 is 1.48 bits per heavy atom. The molecule has 27 heavy (non-hydrogen) atoms. The summed E-state index contributed by atoms with van der Waals surface area (Å²) in [5.74, 6) is 0.464. The van der Waals surface area contributed by atoms with Crippen molar-refractivity contribution in [1.82, 2.24) is 9.97 Å². The minimum absolute atomic E-state index is 0.133. The largest absolute Gasteiger partial charge is 0.301 e. The van der Waals surface area contributed by atoms with Crippen molar-refractivity contribution < 1.29 is 4.79 Å². The number of pyridine rings is 1. The lowest BCUT2D eigenvalue weighted by atomic mass is 9.71. The van der Waals surface area contributed by atoms with Crippen LogP contribution in [0.25, 0.3) is 0 Å². The molecule has 1 N–H and O–H groups in total. The molecule has 0 saturated carbocycles. The molecule has 7 heteroatoms. The molecule has 1 aliphatic rings. The van der Waals surface area contributed by atoms with E-state index in [1.165, 1.54) is 28.7 Å². The van der Waals surface area contributed by atoms with Crippen LogP contribution in [0.2, 0.25) is 0 Å². The Morgan fingerprint density at radius 2 is 2.26 bits per heavy atom. The summed E-state index contributed by atoms with van der Waals surface area (Å²) in [6.07, 6.45) is 4.66. The number of thiazole rings is 1. The normalized spacial score (nSPS) is 17.7. The molecule has 0 bridgehead atoms. The fraction of sp³-hybridized carbons (Fsp3) is 0.500. The molecule has 2 heterocycles. The summed E-state index contributed by atoms with van der Waals surface area (Å²) in [6.45, 7) is 8.64. The summed E-state index contributed by atoms with van der Waals surface area (Å²) >= 11 is 2.72. The van der Waals surface area contributed by atoms with E-state index in [4.69, 9.17) is 4.98 Å². The molecular formula is C20H24N4OS2. The van der Waals surface area contributed by atoms with Crippen molar-refractivity contribution in [2.45, 2.75) is 57.2 Å². The van der Waals surface area contributed by atoms with E-state index in [2.05, 4.69) is 37.1 Å². The van der Waals surface area contributed by atoms with Crippen LogP contribution in [0, 0.1) is 22.7 Å². The standard InChI is InChI=1S/C20H24N4OS2/c1-12(17(25)24-19-22-7-8-26-19)27-18-14(11-21)9-13-10-15(20(2,3)4)5-6-16(13)23-18/h7-9,12,15H,5-6,10H2,1-4H3,(H,22,24,25). The molecule has 0 spiro atoms. The van der Waals surface area contributed by atoms with Crippen molar-refractivity contribution in [1.29, 1.82) is 5.26 Å². The van der Waals surface area contributed by atoms with Gasteiger partial charge in [0, 0.05) is 17.3 Å². The van der Waals surface area contributed by atoms with E-state index in [1.54, 1.807) is 6.20 Å². The molecule has 0 fully saturated rings. The number of rotatable bonds is 4. The molecule has 3 rings (SSSR count). The Labute approximate surface area is 168 Å². The number of carbonyl (C=O) groups excluding carboxylic acids is 1. The smallest absolute Gasteiger partial charge is 0.239 e. The third-order valence-corrected chi connectivity index (χ3v) is 6.81. The average molecular weight is 401 g/mol. The highest BCUT2D eigenvalue weighted by Gasteiger charge is 2.30. The molecule has 5 nitrogen and oxygen atoms in total. The number of hydrogen-bond donors (Lipinski definition) is 1. The maximum Gasteiger partial charge on any atom is 0.239 e. The first kappa shape index (κ1) is 19.8. The second kappa shape index (κ2) is 7.99. The van der Waals surface area contributed by atoms with Crippen molar-refractivity contribution in [3.05, 3.63) is 34.5 Å². The molecule has 2 atom stereocenters. The number of nitrogens with zero attached hydrogens (tertiary/aromatic N) is 3. The fourth-order valence-corrected chi connectivity index (χ4v) is 4.69. The van der Waals surface area contributed by atoms with Gasteiger partial charge in [0.25, 0.3) is 0 Å². The summed E-state index contributed by atoms with van der Waals surface area (Å²) < 4.78 is 0. The van der Waals surface area contributed by atoms with Gasteiger partial charge >= 0.3 is 0 Å². The van der Waals surface area contributed by atoms with Crippen LogP contribution in [-0.2, 0) is 17.6 Å². The molecule has 1 aliphatic carbocycles. The van der Waals surface area contributed by atoms with E-state index >= 15 is 0 Å². The topological polar surface area (TPSA) is 78.7 Å². The van der Waals surface area contributed by atoms with Gasteiger partial charge in [0.15, 0.2) is 5.13 Å². The Bertz CT molecular complexity index is 865. The van der Waals surface area contributed by atoms with Crippen molar-refractivity contribution >= 4 is 34.1 Å². The highest BCUT2D eigenvalue weighted by molar-refractivity contribution is 8.00. The predicted octanol–water partition coefficient (Wildman–Crippen LogP) is 4.68. The van der Waals surface area contributed by atoms with Gasteiger partial charge in [0.2, 0.25) is 5.91 Å². The SMILES string of the molecule is CC(Sc1nc2c(cc1C#N)CC(C(C)(C)C)CC2)C(=O)Nc1nccs1. The average Bonchev–Trinajstić information content (AvgIpc) is 3.12. The first-order valence-electron chi connectivity index (χ1n) is 9.08. The third kappa shape index (κ3) is 4.69. The van der Waals surface area contributed by atoms with Gasteiger partial charge in [-0.25, -0.2) is 9.97 Å². The number of aromatic nitrogens is 2. The van der Waals surface area contributed by atoms with E-state index < -0.39 is 0 Å². The molecule has 2 unspecified atom stereocenters. The number of nitriles is 1. The first-order chi connectivity index (χ1) is 12.8. The highest BCUT2D eigenvalue weighted by Crippen LogP contribution is 2.38. The molecule has 1 amide bonds. The molecule has 0 saturated heterocycles. The van der Waals surface area contributed by atoms with Gasteiger partial charge in [-0.1, -0.05) is 32.5 Å². The van der Waals surface area contributed by atoms with Crippen molar-refractivity contribution in [2.24, 2.45) is 11.3 Å². The molecular weight excluding hydrogens is 376 g/mol. The lowest BCUT2D eigenvalue weighted by Crippen LogP contribution is -2.27. The predicted molar refractivity (Wildman–Crippen MR) is 110 cm³/mol. The second-order valence-electron chi connectivity index (χ2n) is 7.95. The van der Waals surface area contributed by atoms with Gasteiger partial charge in [-0.15, -0.1) is 11.3 Å². The zero-order valence-corrected chi connectivity index (χ0v) is 17.7. The molecule has 0 aromatic carbocycles. The summed E-state index contributed by atoms with van der Waals surface area (Å²) in [6, 6.07) is 4.24. The summed E-state index contributed by atoms with van der Waals surface area (Å²) in [7, 11) is 0. The van der Waals surface area contributed by atoms with Gasteiger partial charge in [0.05, 0.1) is 10.8 Å². The monoisotopic (exact) mass is 400 g/mol. The van der Waals surface area contributed by atoms with Gasteiger partial charge in [-0.3, -0.25) is 4.79 Å². The lowest BCUT2D eigenvalue weighted by molar-refractivity contribution is -0.115. The Hall–Kier alpha value is -1.91. The maximum absolute atomic E-state index is 12.4. The number of aryl methyl sites for hydroxylation is 1. The first-order valence-corrected chi connectivity index (χ1v) is 10.8. The molecule has 0 radical (unpaired) electrons. The summed E-state index contributed by atoms with van der Waals surface area (Å²) in [5.41, 5.74) is 3.06. The molecule has 0 aliphatic heterocycles. The number of nitrogens with one attached hydrogen (secondary N) is 1. The van der Waals surface area contributed by atoms with Gasteiger partial charge < -0.3 is 5.32 Å². The molecule has 2 aromatic rings. The minimum Gasteiger partial charge on any atom is -0.301 e. The lowest BCUT2D eigenvalue weighted by Gasteiger charge is -2.34. The van der Waals surface area contributed by atoms with E-state index in [9.17, 15) is 10.1 Å². The fourth-order valence-electron chi connectivity index (χ4n) is 3.27. The second-order valence-corrected chi connectivity index (χ2v) is 10.2. The zero-order valence-electron chi connectivity index (χ0n) is 16.1. The van der Waals surface area contributed by atoms with Crippen LogP contribution < -0.4 is 5.32 Å². The van der Waals surface area contributed by atoms with E-state index in [-0.39, 0.29) is 16.6 Å². The van der Waals surface area contributed by atoms with Gasteiger partial charge in [-0.2, -0.15) is 5.26 Å². The van der Waals surface area contributed by atoms with Crippen LogP contribution in [0.3, 0.4) is 0 Å². The molecule has 142 valence electrons. The highest BCUT2D eigenvalue weighted by atomic mass is 32.2. The van der Waals surface area contributed by atoms with Crippen molar-refractivity contribution in [2.75, 3.05) is 5.32 Å². The Balaban J connectivity index is 1.77. The summed E-state index contributed by atoms with van der Waals surface area (Å²) in [4.78, 5) is 21.2. The maximum atomic E-state index is 12.4. The number of fused-ring (bicyclic) bond motifs is 1. The minimum atomic E-state index is -0.363. The van der Waals surface area contributed by atoms with Crippen LogP contribution in [-0.4, -0.2) is 21.1 Å². The quantitative estimate of drug-likeness (QED) is 0.754. The van der Waals surface area contributed by atoms with E-state index in [1.807, 2.05) is 18.4 Å². The summed E-state index contributed by atoms with van der Waals surface area (Å²) in [5, 5.41) is 15.1. The van der Waals surface area contributed by atoms with Crippen LogP contribution in [0.4, 0.5) is 5.13 Å². The number of carbonyl (C=O) groups is 1. The van der Waals surface area contributed by atoms with Crippen molar-refractivity contribution in [3.8, 4) is 6.07 Å².